The van der Waals surface area contributed by atoms with Crippen molar-refractivity contribution >= 4 is 22.4 Å². The Labute approximate surface area is 187 Å². The summed E-state index contributed by atoms with van der Waals surface area (Å²) >= 11 is 0. The van der Waals surface area contributed by atoms with E-state index in [1.54, 1.807) is 13.0 Å². The number of nitrogens with one attached hydrogen (secondary N) is 2. The van der Waals surface area contributed by atoms with E-state index >= 15 is 4.39 Å². The van der Waals surface area contributed by atoms with Crippen LogP contribution < -0.4 is 16.6 Å². The van der Waals surface area contributed by atoms with E-state index in [4.69, 9.17) is 0 Å². The number of amides is 1. The van der Waals surface area contributed by atoms with Crippen LogP contribution in [0.4, 0.5) is 8.78 Å². The van der Waals surface area contributed by atoms with Gasteiger partial charge in [0.05, 0.1) is 10.9 Å². The van der Waals surface area contributed by atoms with E-state index < -0.39 is 28.9 Å². The zero-order chi connectivity index (χ0) is 23.7. The van der Waals surface area contributed by atoms with Crippen molar-refractivity contribution in [2.45, 2.75) is 26.4 Å². The summed E-state index contributed by atoms with van der Waals surface area (Å²) in [6.45, 7) is 3.14. The second-order valence-corrected chi connectivity index (χ2v) is 7.77. The van der Waals surface area contributed by atoms with Crippen LogP contribution in [0.15, 0.2) is 39.9 Å². The van der Waals surface area contributed by atoms with E-state index in [2.05, 4.69) is 15.3 Å². The molecule has 2 aromatic heterocycles. The van der Waals surface area contributed by atoms with Gasteiger partial charge in [-0.25, -0.2) is 14.2 Å². The highest BCUT2D eigenvalue weighted by atomic mass is 19.1. The van der Waals surface area contributed by atoms with Crippen molar-refractivity contribution in [3.63, 3.8) is 0 Å². The first-order valence-electron chi connectivity index (χ1n) is 10.6. The predicted molar refractivity (Wildman–Crippen MR) is 120 cm³/mol. The normalized spacial score (nSPS) is 14.4. The van der Waals surface area contributed by atoms with Gasteiger partial charge in [-0.05, 0) is 37.1 Å². The third-order valence-corrected chi connectivity index (χ3v) is 5.83. The molecule has 0 bridgehead atoms. The van der Waals surface area contributed by atoms with Gasteiger partial charge in [-0.15, -0.1) is 0 Å². The number of nitrogens with zero attached hydrogens (tertiary/aromatic N) is 3. The number of fused-ring (bicyclic) bond motifs is 1. The van der Waals surface area contributed by atoms with Crippen LogP contribution in [0.3, 0.4) is 0 Å². The number of aromatic nitrogens is 3. The molecule has 0 aliphatic carbocycles. The quantitative estimate of drug-likeness (QED) is 0.574. The number of carbonyl (C=O) groups is 1. The van der Waals surface area contributed by atoms with Crippen LogP contribution in [-0.4, -0.2) is 45.5 Å². The third-order valence-electron chi connectivity index (χ3n) is 5.83. The summed E-state index contributed by atoms with van der Waals surface area (Å²) in [7, 11) is 1.45. The lowest BCUT2D eigenvalue weighted by Crippen LogP contribution is -2.35. The summed E-state index contributed by atoms with van der Waals surface area (Å²) in [6.07, 6.45) is 2.37. The lowest BCUT2D eigenvalue weighted by Gasteiger charge is -2.26. The first-order valence-corrected chi connectivity index (χ1v) is 10.6. The highest BCUT2D eigenvalue weighted by molar-refractivity contribution is 5.92. The molecule has 0 radical (unpaired) electrons. The van der Waals surface area contributed by atoms with Crippen molar-refractivity contribution < 1.29 is 13.6 Å². The van der Waals surface area contributed by atoms with Gasteiger partial charge in [0.2, 0.25) is 5.95 Å². The van der Waals surface area contributed by atoms with Crippen molar-refractivity contribution in [3.05, 3.63) is 79.8 Å². The number of hydrogen-bond donors (Lipinski definition) is 2. The molecule has 1 aliphatic heterocycles. The number of carbonyl (C=O) groups excluding carboxylic acids is 1. The molecule has 1 amide bonds. The van der Waals surface area contributed by atoms with E-state index in [-0.39, 0.29) is 29.7 Å². The molecule has 0 spiro atoms. The Morgan fingerprint density at radius 1 is 1.21 bits per heavy atom. The van der Waals surface area contributed by atoms with Crippen molar-refractivity contribution in [1.82, 2.24) is 24.8 Å². The minimum Gasteiger partial charge on any atom is -0.354 e. The van der Waals surface area contributed by atoms with E-state index in [0.717, 1.165) is 10.1 Å². The van der Waals surface area contributed by atoms with Crippen molar-refractivity contribution in [2.75, 3.05) is 20.1 Å². The molecule has 1 aliphatic rings. The average Bonchev–Trinajstić information content (AvgIpc) is 2.81. The van der Waals surface area contributed by atoms with Crippen LogP contribution in [0.5, 0.6) is 0 Å². The van der Waals surface area contributed by atoms with E-state index in [1.807, 2.05) is 11.0 Å². The van der Waals surface area contributed by atoms with Crippen LogP contribution in [0.1, 0.15) is 35.0 Å². The summed E-state index contributed by atoms with van der Waals surface area (Å²) in [5, 5.41) is 2.53. The Balaban J connectivity index is 1.54. The third kappa shape index (κ3) is 4.21. The lowest BCUT2D eigenvalue weighted by molar-refractivity contribution is 0.0957. The molecule has 3 heterocycles. The van der Waals surface area contributed by atoms with Gasteiger partial charge in [-0.2, -0.15) is 4.39 Å². The maximum Gasteiger partial charge on any atom is 0.328 e. The Bertz CT molecular complexity index is 1390. The number of H-pyrrole nitrogens is 1. The van der Waals surface area contributed by atoms with Crippen LogP contribution in [0, 0.1) is 11.8 Å². The molecule has 0 saturated carbocycles. The van der Waals surface area contributed by atoms with Crippen LogP contribution >= 0.6 is 0 Å². The van der Waals surface area contributed by atoms with Gasteiger partial charge in [0, 0.05) is 44.4 Å². The lowest BCUT2D eigenvalue weighted by atomic mass is 9.99. The predicted octanol–water partition coefficient (Wildman–Crippen LogP) is 2.03. The van der Waals surface area contributed by atoms with Gasteiger partial charge in [0.15, 0.2) is 5.82 Å². The molecule has 10 heteroatoms. The summed E-state index contributed by atoms with van der Waals surface area (Å²) in [5.74, 6) is -1.80. The molecule has 4 rings (SSSR count). The Morgan fingerprint density at radius 3 is 2.64 bits per heavy atom. The van der Waals surface area contributed by atoms with Gasteiger partial charge >= 0.3 is 5.69 Å². The number of pyridine rings is 1. The van der Waals surface area contributed by atoms with Gasteiger partial charge in [-0.3, -0.25) is 19.1 Å². The SMILES string of the molecule is CCn1c(=O)[nH]c2c(F)c(CN3CC=C(c4ccc(C(=O)NC)nc4F)CC3)ccc2c1=O. The molecule has 33 heavy (non-hydrogen) atoms. The first kappa shape index (κ1) is 22.5. The van der Waals surface area contributed by atoms with Gasteiger partial charge in [0.1, 0.15) is 5.69 Å². The number of hydrogen-bond acceptors (Lipinski definition) is 5. The topological polar surface area (TPSA) is 100 Å². The standard InChI is InChI=1S/C23H23F2N5O3/c1-3-30-22(32)16-5-4-14(18(24)19(16)28-23(30)33)12-29-10-8-13(9-11-29)15-6-7-17(21(31)26-2)27-20(15)25/h4-8H,3,9-12H2,1-2H3,(H,26,31)(H,28,33). The fourth-order valence-electron chi connectivity index (χ4n) is 4.01. The zero-order valence-corrected chi connectivity index (χ0v) is 18.2. The van der Waals surface area contributed by atoms with Gasteiger partial charge < -0.3 is 10.3 Å². The molecule has 2 N–H and O–H groups in total. The highest BCUT2D eigenvalue weighted by Crippen LogP contribution is 2.26. The maximum absolute atomic E-state index is 15.1. The summed E-state index contributed by atoms with van der Waals surface area (Å²) in [5.41, 5.74) is 0.204. The Hall–Kier alpha value is -3.66. The smallest absolute Gasteiger partial charge is 0.328 e. The summed E-state index contributed by atoms with van der Waals surface area (Å²) < 4.78 is 30.6. The Morgan fingerprint density at radius 2 is 2.00 bits per heavy atom. The van der Waals surface area contributed by atoms with Crippen molar-refractivity contribution in [2.24, 2.45) is 0 Å². The molecular formula is C23H23F2N5O3. The molecule has 0 atom stereocenters. The summed E-state index contributed by atoms with van der Waals surface area (Å²) in [6, 6.07) is 6.09. The number of aromatic amines is 1. The fourth-order valence-corrected chi connectivity index (χ4v) is 4.01. The highest BCUT2D eigenvalue weighted by Gasteiger charge is 2.20. The monoisotopic (exact) mass is 455 g/mol. The molecule has 0 saturated heterocycles. The molecule has 172 valence electrons. The molecule has 3 aromatic rings. The van der Waals surface area contributed by atoms with Gasteiger partial charge in [-0.1, -0.05) is 12.1 Å². The Kier molecular flexibility index (Phi) is 6.19. The zero-order valence-electron chi connectivity index (χ0n) is 18.2. The largest absolute Gasteiger partial charge is 0.354 e. The molecule has 0 unspecified atom stereocenters. The van der Waals surface area contributed by atoms with E-state index in [0.29, 0.717) is 30.6 Å². The van der Waals surface area contributed by atoms with Crippen LogP contribution in [-0.2, 0) is 13.1 Å². The number of halogens is 2. The first-order chi connectivity index (χ1) is 15.8. The van der Waals surface area contributed by atoms with E-state index in [9.17, 15) is 18.8 Å². The number of benzene rings is 1. The van der Waals surface area contributed by atoms with Crippen LogP contribution in [0.25, 0.3) is 16.5 Å². The molecule has 1 aromatic carbocycles. The minimum atomic E-state index is -0.710. The average molecular weight is 455 g/mol. The van der Waals surface area contributed by atoms with Gasteiger partial charge in [0.25, 0.3) is 11.5 Å². The van der Waals surface area contributed by atoms with E-state index in [1.165, 1.54) is 25.2 Å². The van der Waals surface area contributed by atoms with Crippen molar-refractivity contribution in [1.29, 1.82) is 0 Å². The summed E-state index contributed by atoms with van der Waals surface area (Å²) in [4.78, 5) is 44.3. The molecular weight excluding hydrogens is 432 g/mol. The second kappa shape index (κ2) is 9.07. The van der Waals surface area contributed by atoms with Crippen LogP contribution in [0.2, 0.25) is 0 Å². The minimum absolute atomic E-state index is 0.00676. The number of rotatable bonds is 5. The fraction of sp³-hybridized carbons (Fsp3) is 0.304. The van der Waals surface area contributed by atoms with Crippen molar-refractivity contribution in [3.8, 4) is 0 Å². The maximum atomic E-state index is 15.1. The molecule has 8 nitrogen and oxygen atoms in total. The second-order valence-electron chi connectivity index (χ2n) is 7.77. The molecule has 0 fully saturated rings.